The van der Waals surface area contributed by atoms with E-state index in [9.17, 15) is 5.26 Å². The summed E-state index contributed by atoms with van der Waals surface area (Å²) in [4.78, 5) is 0. The summed E-state index contributed by atoms with van der Waals surface area (Å²) in [6.45, 7) is 15.2. The first-order valence-corrected chi connectivity index (χ1v) is 9.82. The van der Waals surface area contributed by atoms with E-state index in [1.807, 2.05) is 52.0 Å². The van der Waals surface area contributed by atoms with E-state index in [1.165, 1.54) is 0 Å². The number of ether oxygens (including phenoxy) is 1. The van der Waals surface area contributed by atoms with Crippen molar-refractivity contribution in [2.75, 3.05) is 6.61 Å². The smallest absolute Gasteiger partial charge is 0.121 e. The highest BCUT2D eigenvalue weighted by Crippen LogP contribution is 2.23. The molecule has 0 aliphatic rings. The minimum absolute atomic E-state index is 0.498. The molecule has 3 nitrogen and oxygen atoms in total. The highest BCUT2D eigenvalue weighted by molar-refractivity contribution is 5.68. The van der Waals surface area contributed by atoms with Gasteiger partial charge in [0.2, 0.25) is 0 Å². The van der Waals surface area contributed by atoms with E-state index in [0.29, 0.717) is 18.1 Å². The second kappa shape index (κ2) is 14.0. The zero-order valence-electron chi connectivity index (χ0n) is 17.6. The van der Waals surface area contributed by atoms with E-state index >= 15 is 0 Å². The SMILES string of the molecule is C/C=C(/C)N/C(=C/CCC)c1cc(C#N)cc(OC[C@@H](C)CC)c1.CC. The molecule has 1 N–H and O–H groups in total. The van der Waals surface area contributed by atoms with Crippen LogP contribution in [-0.4, -0.2) is 6.61 Å². The highest BCUT2D eigenvalue weighted by Gasteiger charge is 2.08. The third-order valence-corrected chi connectivity index (χ3v) is 3.98. The van der Waals surface area contributed by atoms with Crippen LogP contribution in [0.2, 0.25) is 0 Å². The first-order chi connectivity index (χ1) is 12.5. The first-order valence-electron chi connectivity index (χ1n) is 9.82. The Morgan fingerprint density at radius 2 is 1.96 bits per heavy atom. The molecule has 0 spiro atoms. The topological polar surface area (TPSA) is 45.0 Å². The number of allylic oxidation sites excluding steroid dienone is 3. The molecule has 0 fully saturated rings. The first kappa shape index (κ1) is 23.8. The van der Waals surface area contributed by atoms with Crippen LogP contribution < -0.4 is 10.1 Å². The lowest BCUT2D eigenvalue weighted by Gasteiger charge is -2.15. The molecule has 1 aromatic rings. The summed E-state index contributed by atoms with van der Waals surface area (Å²) in [6.07, 6.45) is 7.36. The van der Waals surface area contributed by atoms with E-state index in [-0.39, 0.29) is 0 Å². The van der Waals surface area contributed by atoms with Crippen molar-refractivity contribution in [2.24, 2.45) is 5.92 Å². The van der Waals surface area contributed by atoms with Gasteiger partial charge in [-0.25, -0.2) is 0 Å². The fraction of sp³-hybridized carbons (Fsp3) is 0.522. The fourth-order valence-corrected chi connectivity index (χ4v) is 2.07. The number of benzene rings is 1. The van der Waals surface area contributed by atoms with Gasteiger partial charge < -0.3 is 10.1 Å². The molecule has 0 saturated carbocycles. The van der Waals surface area contributed by atoms with Gasteiger partial charge in [0.25, 0.3) is 0 Å². The normalized spacial score (nSPS) is 12.5. The van der Waals surface area contributed by atoms with Gasteiger partial charge in [-0.05, 0) is 44.4 Å². The Morgan fingerprint density at radius 3 is 2.50 bits per heavy atom. The van der Waals surface area contributed by atoms with Gasteiger partial charge in [-0.2, -0.15) is 5.26 Å². The monoisotopic (exact) mass is 356 g/mol. The van der Waals surface area contributed by atoms with Crippen LogP contribution in [0.4, 0.5) is 0 Å². The lowest BCUT2D eigenvalue weighted by Crippen LogP contribution is -2.11. The van der Waals surface area contributed by atoms with Crippen LogP contribution in [0.5, 0.6) is 5.75 Å². The van der Waals surface area contributed by atoms with Gasteiger partial charge in [-0.15, -0.1) is 0 Å². The van der Waals surface area contributed by atoms with Crippen LogP contribution in [0, 0.1) is 17.2 Å². The second-order valence-electron chi connectivity index (χ2n) is 6.19. The van der Waals surface area contributed by atoms with E-state index in [0.717, 1.165) is 42.0 Å². The molecule has 1 aromatic carbocycles. The second-order valence-corrected chi connectivity index (χ2v) is 6.19. The number of rotatable bonds is 9. The summed E-state index contributed by atoms with van der Waals surface area (Å²) in [5.41, 5.74) is 3.72. The Balaban J connectivity index is 0.00000301. The average Bonchev–Trinajstić information content (AvgIpc) is 2.70. The molecule has 0 amide bonds. The van der Waals surface area contributed by atoms with Crippen molar-refractivity contribution in [3.05, 3.63) is 47.2 Å². The maximum absolute atomic E-state index is 9.34. The number of unbranched alkanes of at least 4 members (excludes halogenated alkanes) is 1. The van der Waals surface area contributed by atoms with Crippen LogP contribution in [0.3, 0.4) is 0 Å². The summed E-state index contributed by atoms with van der Waals surface area (Å²) in [5.74, 6) is 1.25. The maximum atomic E-state index is 9.34. The third-order valence-electron chi connectivity index (χ3n) is 3.98. The van der Waals surface area contributed by atoms with E-state index in [1.54, 1.807) is 0 Å². The Labute approximate surface area is 160 Å². The molecule has 1 atom stereocenters. The predicted molar refractivity (Wildman–Crippen MR) is 113 cm³/mol. The summed E-state index contributed by atoms with van der Waals surface area (Å²) < 4.78 is 5.91. The van der Waals surface area contributed by atoms with Crippen LogP contribution in [0.15, 0.2) is 36.0 Å². The van der Waals surface area contributed by atoms with Gasteiger partial charge in [-0.3, -0.25) is 0 Å². The molecule has 1 rings (SSSR count). The molecule has 144 valence electrons. The molecule has 26 heavy (non-hydrogen) atoms. The highest BCUT2D eigenvalue weighted by atomic mass is 16.5. The van der Waals surface area contributed by atoms with Crippen molar-refractivity contribution in [1.82, 2.24) is 5.32 Å². The summed E-state index contributed by atoms with van der Waals surface area (Å²) in [6, 6.07) is 7.97. The molecular weight excluding hydrogens is 320 g/mol. The molecule has 3 heteroatoms. The number of nitrogens with zero attached hydrogens (tertiary/aromatic N) is 1. The van der Waals surface area contributed by atoms with Crippen molar-refractivity contribution in [2.45, 2.75) is 67.7 Å². The minimum atomic E-state index is 0.498. The largest absolute Gasteiger partial charge is 0.493 e. The van der Waals surface area contributed by atoms with Crippen LogP contribution in [0.25, 0.3) is 5.70 Å². The van der Waals surface area contributed by atoms with Crippen LogP contribution in [0.1, 0.15) is 78.9 Å². The number of hydrogen-bond donors (Lipinski definition) is 1. The van der Waals surface area contributed by atoms with Crippen molar-refractivity contribution in [3.8, 4) is 11.8 Å². The zero-order chi connectivity index (χ0) is 19.9. The summed E-state index contributed by atoms with van der Waals surface area (Å²) in [7, 11) is 0. The standard InChI is InChI=1S/C21H30N2O.C2H6/c1-6-9-10-21(23-17(5)8-3)19-11-18(14-22)12-20(13-19)24-15-16(4)7-2;1-2/h8,10-13,16,23H,6-7,9,15H2,1-5H3;1-2H3/b17-8-,21-10+;/t16-;/m0./s1. The molecule has 0 saturated heterocycles. The fourth-order valence-electron chi connectivity index (χ4n) is 2.07. The molecular formula is C23H36N2O. The van der Waals surface area contributed by atoms with Crippen molar-refractivity contribution < 1.29 is 4.74 Å². The summed E-state index contributed by atoms with van der Waals surface area (Å²) >= 11 is 0. The van der Waals surface area contributed by atoms with Crippen LogP contribution in [-0.2, 0) is 0 Å². The van der Waals surface area contributed by atoms with Gasteiger partial charge in [0.1, 0.15) is 5.75 Å². The third kappa shape index (κ3) is 8.76. The Morgan fingerprint density at radius 1 is 1.27 bits per heavy atom. The molecule has 0 heterocycles. The molecule has 0 aliphatic heterocycles. The van der Waals surface area contributed by atoms with Gasteiger partial charge >= 0.3 is 0 Å². The Bertz CT molecular complexity index is 624. The van der Waals surface area contributed by atoms with E-state index < -0.39 is 0 Å². The lowest BCUT2D eigenvalue weighted by atomic mass is 10.1. The number of hydrogen-bond acceptors (Lipinski definition) is 3. The van der Waals surface area contributed by atoms with Gasteiger partial charge in [0.05, 0.1) is 18.2 Å². The quantitative estimate of drug-likeness (QED) is 0.538. The summed E-state index contributed by atoms with van der Waals surface area (Å²) in [5, 5.41) is 12.8. The average molecular weight is 357 g/mol. The van der Waals surface area contributed by atoms with Gasteiger partial charge in [0, 0.05) is 17.0 Å². The van der Waals surface area contributed by atoms with E-state index in [2.05, 4.69) is 38.2 Å². The predicted octanol–water partition coefficient (Wildman–Crippen LogP) is 6.66. The number of nitrogens with one attached hydrogen (secondary N) is 1. The van der Waals surface area contributed by atoms with E-state index in [4.69, 9.17) is 4.74 Å². The van der Waals surface area contributed by atoms with Crippen LogP contribution >= 0.6 is 0 Å². The van der Waals surface area contributed by atoms with Crippen molar-refractivity contribution >= 4 is 5.70 Å². The Hall–Kier alpha value is -2.21. The van der Waals surface area contributed by atoms with Gasteiger partial charge in [-0.1, -0.05) is 59.6 Å². The molecule has 0 radical (unpaired) electrons. The van der Waals surface area contributed by atoms with Crippen molar-refractivity contribution in [3.63, 3.8) is 0 Å². The minimum Gasteiger partial charge on any atom is -0.493 e. The molecule has 0 aromatic heterocycles. The number of nitriles is 1. The van der Waals surface area contributed by atoms with Crippen molar-refractivity contribution in [1.29, 1.82) is 5.26 Å². The lowest BCUT2D eigenvalue weighted by molar-refractivity contribution is 0.256. The molecule has 0 bridgehead atoms. The Kier molecular flexibility index (Phi) is 12.8. The molecule has 0 unspecified atom stereocenters. The van der Waals surface area contributed by atoms with Gasteiger partial charge in [0.15, 0.2) is 0 Å². The zero-order valence-corrected chi connectivity index (χ0v) is 17.6. The molecule has 0 aliphatic carbocycles. The maximum Gasteiger partial charge on any atom is 0.121 e.